The first-order chi connectivity index (χ1) is 15.0. The summed E-state index contributed by atoms with van der Waals surface area (Å²) in [5.74, 6) is -0.439. The van der Waals surface area contributed by atoms with Gasteiger partial charge in [-0.15, -0.1) is 0 Å². The lowest BCUT2D eigenvalue weighted by atomic mass is 9.87. The topological polar surface area (TPSA) is 102 Å². The molecule has 8 nitrogen and oxygen atoms in total. The van der Waals surface area contributed by atoms with E-state index in [-0.39, 0.29) is 40.3 Å². The predicted molar refractivity (Wildman–Crippen MR) is 111 cm³/mol. The number of benzene rings is 2. The van der Waals surface area contributed by atoms with Crippen molar-refractivity contribution in [3.05, 3.63) is 51.8 Å². The maximum atomic E-state index is 14.1. The number of carbonyl (C=O) groups is 1. The molecule has 9 heteroatoms. The highest BCUT2D eigenvalue weighted by Crippen LogP contribution is 2.47. The zero-order valence-corrected chi connectivity index (χ0v) is 16.8. The van der Waals surface area contributed by atoms with Gasteiger partial charge in [-0.2, -0.15) is 0 Å². The third-order valence-corrected chi connectivity index (χ3v) is 6.23. The Bertz CT molecular complexity index is 1170. The van der Waals surface area contributed by atoms with Crippen LogP contribution in [0.5, 0.6) is 0 Å². The quantitative estimate of drug-likeness (QED) is 0.402. The highest BCUT2D eigenvalue weighted by Gasteiger charge is 2.35. The molecule has 160 valence electrons. The number of non-ortho nitro benzene ring substituents is 1. The van der Waals surface area contributed by atoms with E-state index in [9.17, 15) is 19.3 Å². The van der Waals surface area contributed by atoms with E-state index in [2.05, 4.69) is 10.3 Å². The van der Waals surface area contributed by atoms with E-state index in [1.165, 1.54) is 24.3 Å². The minimum atomic E-state index is -0.558. The van der Waals surface area contributed by atoms with E-state index in [1.54, 1.807) is 11.0 Å². The van der Waals surface area contributed by atoms with Crippen LogP contribution in [0.2, 0.25) is 0 Å². The first-order valence-electron chi connectivity index (χ1n) is 10.6. The molecule has 0 bridgehead atoms. The number of aromatic nitrogens is 2. The minimum Gasteiger partial charge on any atom is -0.278 e. The van der Waals surface area contributed by atoms with Gasteiger partial charge in [-0.25, -0.2) is 9.02 Å². The summed E-state index contributed by atoms with van der Waals surface area (Å²) in [4.78, 5) is 26.2. The molecule has 0 aliphatic heterocycles. The Balaban J connectivity index is 1.70. The highest BCUT2D eigenvalue weighted by molar-refractivity contribution is 6.09. The Morgan fingerprint density at radius 2 is 1.74 bits per heavy atom. The molecule has 0 radical (unpaired) electrons. The summed E-state index contributed by atoms with van der Waals surface area (Å²) in [7, 11) is 0. The number of hydrogen-bond acceptors (Lipinski definition) is 6. The molecule has 1 heterocycles. The van der Waals surface area contributed by atoms with Crippen LogP contribution in [0.15, 0.2) is 35.0 Å². The van der Waals surface area contributed by atoms with E-state index in [0.29, 0.717) is 11.4 Å². The monoisotopic (exact) mass is 424 g/mol. The molecule has 0 atom stereocenters. The summed E-state index contributed by atoms with van der Waals surface area (Å²) in [6, 6.07) is 7.25. The van der Waals surface area contributed by atoms with Gasteiger partial charge in [0.1, 0.15) is 5.82 Å². The van der Waals surface area contributed by atoms with Crippen molar-refractivity contribution >= 4 is 34.0 Å². The molecular formula is C22H21FN4O4. The van der Waals surface area contributed by atoms with Crippen molar-refractivity contribution in [2.24, 2.45) is 5.92 Å². The molecule has 31 heavy (non-hydrogen) atoms. The van der Waals surface area contributed by atoms with Gasteiger partial charge >= 0.3 is 5.69 Å². The molecule has 1 aromatic heterocycles. The van der Waals surface area contributed by atoms with Gasteiger partial charge in [-0.1, -0.05) is 19.3 Å². The second-order valence-electron chi connectivity index (χ2n) is 8.31. The van der Waals surface area contributed by atoms with E-state index >= 15 is 0 Å². The normalized spacial score (nSPS) is 17.1. The number of nitro groups is 1. The lowest BCUT2D eigenvalue weighted by molar-refractivity contribution is -0.383. The van der Waals surface area contributed by atoms with Crippen LogP contribution < -0.4 is 4.90 Å². The molecule has 0 N–H and O–H groups in total. The van der Waals surface area contributed by atoms with Gasteiger partial charge in [0.15, 0.2) is 5.52 Å². The molecule has 2 fully saturated rings. The van der Waals surface area contributed by atoms with Crippen molar-refractivity contribution in [2.45, 2.75) is 50.9 Å². The zero-order valence-electron chi connectivity index (χ0n) is 16.8. The fraction of sp³-hybridized carbons (Fsp3) is 0.409. The maximum absolute atomic E-state index is 14.1. The van der Waals surface area contributed by atoms with Crippen LogP contribution in [0, 0.1) is 21.8 Å². The largest absolute Gasteiger partial charge is 0.300 e. The molecule has 2 aliphatic rings. The van der Waals surface area contributed by atoms with Gasteiger partial charge < -0.3 is 0 Å². The van der Waals surface area contributed by atoms with Crippen LogP contribution >= 0.6 is 0 Å². The number of hydrogen-bond donors (Lipinski definition) is 0. The zero-order chi connectivity index (χ0) is 21.5. The number of nitro benzene ring substituents is 1. The highest BCUT2D eigenvalue weighted by atomic mass is 19.1. The lowest BCUT2D eigenvalue weighted by Crippen LogP contribution is -2.34. The second-order valence-corrected chi connectivity index (χ2v) is 8.31. The molecule has 0 saturated heterocycles. The van der Waals surface area contributed by atoms with E-state index < -0.39 is 4.92 Å². The first kappa shape index (κ1) is 19.6. The van der Waals surface area contributed by atoms with Crippen molar-refractivity contribution in [3.8, 4) is 0 Å². The number of anilines is 2. The standard InChI is InChI=1S/C22H21FN4O4/c23-15-8-9-17(16(12-15)13-6-7-13)26(22(28)14-4-2-1-3-5-14)18-10-11-19(27(29)30)21-20(18)24-31-25-21/h8-14H,1-7H2. The summed E-state index contributed by atoms with van der Waals surface area (Å²) in [5.41, 5.74) is 1.62. The van der Waals surface area contributed by atoms with Crippen LogP contribution in [-0.4, -0.2) is 21.1 Å². The number of fused-ring (bicyclic) bond motifs is 1. The summed E-state index contributed by atoms with van der Waals surface area (Å²) in [6.45, 7) is 0. The van der Waals surface area contributed by atoms with Crippen molar-refractivity contribution < 1.29 is 18.7 Å². The average molecular weight is 424 g/mol. The lowest BCUT2D eigenvalue weighted by Gasteiger charge is -2.31. The molecule has 2 aromatic carbocycles. The Kier molecular flexibility index (Phi) is 4.88. The maximum Gasteiger partial charge on any atom is 0.300 e. The smallest absolute Gasteiger partial charge is 0.278 e. The second kappa shape index (κ2) is 7.72. The van der Waals surface area contributed by atoms with Crippen molar-refractivity contribution in [2.75, 3.05) is 4.90 Å². The minimum absolute atomic E-state index is 0.0148. The van der Waals surface area contributed by atoms with E-state index in [4.69, 9.17) is 4.63 Å². The number of rotatable bonds is 5. The van der Waals surface area contributed by atoms with E-state index in [1.807, 2.05) is 0 Å². The number of amides is 1. The third-order valence-electron chi connectivity index (χ3n) is 6.23. The van der Waals surface area contributed by atoms with Gasteiger partial charge in [0.2, 0.25) is 11.4 Å². The third kappa shape index (κ3) is 3.54. The summed E-state index contributed by atoms with van der Waals surface area (Å²) >= 11 is 0. The van der Waals surface area contributed by atoms with Gasteiger partial charge in [0.05, 0.1) is 16.3 Å². The van der Waals surface area contributed by atoms with Crippen LogP contribution in [0.4, 0.5) is 21.5 Å². The van der Waals surface area contributed by atoms with Crippen LogP contribution in [-0.2, 0) is 4.79 Å². The van der Waals surface area contributed by atoms with Gasteiger partial charge in [-0.05, 0) is 71.7 Å². The Morgan fingerprint density at radius 3 is 2.45 bits per heavy atom. The predicted octanol–water partition coefficient (Wildman–Crippen LogP) is 5.39. The SMILES string of the molecule is O=C(C1CCCCC1)N(c1ccc(F)cc1C1CC1)c1ccc([N+](=O)[O-])c2nonc12. The van der Waals surface area contributed by atoms with Crippen molar-refractivity contribution in [3.63, 3.8) is 0 Å². The molecule has 0 unspecified atom stereocenters. The fourth-order valence-corrected chi connectivity index (χ4v) is 4.52. The van der Waals surface area contributed by atoms with Crippen molar-refractivity contribution in [1.29, 1.82) is 0 Å². The molecule has 5 rings (SSSR count). The van der Waals surface area contributed by atoms with Crippen LogP contribution in [0.3, 0.4) is 0 Å². The molecule has 3 aromatic rings. The number of halogens is 1. The number of carbonyl (C=O) groups excluding carboxylic acids is 1. The fourth-order valence-electron chi connectivity index (χ4n) is 4.52. The van der Waals surface area contributed by atoms with Gasteiger partial charge in [-0.3, -0.25) is 19.8 Å². The van der Waals surface area contributed by atoms with E-state index in [0.717, 1.165) is 50.5 Å². The molecule has 1 amide bonds. The molecule has 2 saturated carbocycles. The Morgan fingerprint density at radius 1 is 1.03 bits per heavy atom. The summed E-state index contributed by atoms with van der Waals surface area (Å²) in [5, 5.41) is 19.0. The molecular weight excluding hydrogens is 403 g/mol. The van der Waals surface area contributed by atoms with Crippen LogP contribution in [0.25, 0.3) is 11.0 Å². The van der Waals surface area contributed by atoms with Gasteiger partial charge in [0, 0.05) is 12.0 Å². The molecule has 2 aliphatic carbocycles. The van der Waals surface area contributed by atoms with Crippen molar-refractivity contribution in [1.82, 2.24) is 10.3 Å². The summed E-state index contributed by atoms with van der Waals surface area (Å²) in [6.07, 6.45) is 6.48. The average Bonchev–Trinajstić information content (AvgIpc) is 3.51. The first-order valence-corrected chi connectivity index (χ1v) is 10.6. The van der Waals surface area contributed by atoms with Crippen LogP contribution in [0.1, 0.15) is 56.4 Å². The van der Waals surface area contributed by atoms with Gasteiger partial charge in [0.25, 0.3) is 0 Å². The number of nitrogens with zero attached hydrogens (tertiary/aromatic N) is 4. The Labute approximate surface area is 177 Å². The molecule has 0 spiro atoms. The Hall–Kier alpha value is -3.36. The summed E-state index contributed by atoms with van der Waals surface area (Å²) < 4.78 is 18.9.